The van der Waals surface area contributed by atoms with Gasteiger partial charge in [-0.1, -0.05) is 0 Å². The normalized spacial score (nSPS) is 10.6. The van der Waals surface area contributed by atoms with Gasteiger partial charge in [0.25, 0.3) is 5.91 Å². The van der Waals surface area contributed by atoms with Crippen LogP contribution < -0.4 is 27.4 Å². The Hall–Kier alpha value is -4.68. The van der Waals surface area contributed by atoms with Crippen molar-refractivity contribution in [2.75, 3.05) is 43.1 Å². The monoisotopic (exact) mass is 468 g/mol. The van der Waals surface area contributed by atoms with Gasteiger partial charge in [0, 0.05) is 58.7 Å². The SMILES string of the molecule is CN(CCN=C(N)N)C(=O)n1ccc(N(C)C(=O)n2ccc(NC(=O)c3cc(N)cn3C)c2)c1. The molecule has 0 bridgehead atoms. The van der Waals surface area contributed by atoms with Crippen molar-refractivity contribution in [2.24, 2.45) is 23.5 Å². The maximum Gasteiger partial charge on any atom is 0.332 e. The molecule has 0 spiro atoms. The molecule has 0 saturated carbocycles. The van der Waals surface area contributed by atoms with Gasteiger partial charge in [-0.2, -0.15) is 0 Å². The number of nitrogens with zero attached hydrogens (tertiary/aromatic N) is 6. The van der Waals surface area contributed by atoms with Gasteiger partial charge in [-0.15, -0.1) is 0 Å². The summed E-state index contributed by atoms with van der Waals surface area (Å²) in [6.45, 7) is 0.604. The summed E-state index contributed by atoms with van der Waals surface area (Å²) in [4.78, 5) is 44.6. The summed E-state index contributed by atoms with van der Waals surface area (Å²) in [5.41, 5.74) is 18.1. The van der Waals surface area contributed by atoms with Crippen molar-refractivity contribution >= 4 is 41.0 Å². The van der Waals surface area contributed by atoms with Crippen molar-refractivity contribution in [3.05, 3.63) is 54.9 Å². The van der Waals surface area contributed by atoms with E-state index in [1.54, 1.807) is 62.5 Å². The number of hydrogen-bond donors (Lipinski definition) is 4. The number of carbonyl (C=O) groups is 3. The average molecular weight is 469 g/mol. The second-order valence-electron chi connectivity index (χ2n) is 7.66. The van der Waals surface area contributed by atoms with Gasteiger partial charge >= 0.3 is 12.1 Å². The third-order valence-corrected chi connectivity index (χ3v) is 5.06. The number of aliphatic imine (C=N–C) groups is 1. The van der Waals surface area contributed by atoms with E-state index in [0.29, 0.717) is 29.3 Å². The average Bonchev–Trinajstić information content (AvgIpc) is 3.51. The predicted octanol–water partition coefficient (Wildman–Crippen LogP) is 0.740. The van der Waals surface area contributed by atoms with Gasteiger partial charge in [-0.05, 0) is 18.2 Å². The number of anilines is 3. The van der Waals surface area contributed by atoms with Crippen LogP contribution in [-0.4, -0.2) is 69.7 Å². The van der Waals surface area contributed by atoms with E-state index < -0.39 is 0 Å². The van der Waals surface area contributed by atoms with Crippen molar-refractivity contribution in [1.82, 2.24) is 18.6 Å². The number of guanidine groups is 1. The van der Waals surface area contributed by atoms with Gasteiger partial charge in [0.2, 0.25) is 0 Å². The molecule has 0 atom stereocenters. The summed E-state index contributed by atoms with van der Waals surface area (Å²) < 4.78 is 4.31. The Morgan fingerprint density at radius 1 is 1.03 bits per heavy atom. The molecular weight excluding hydrogens is 440 g/mol. The molecule has 3 aromatic heterocycles. The van der Waals surface area contributed by atoms with Crippen LogP contribution in [0, 0.1) is 0 Å². The Balaban J connectivity index is 1.64. The van der Waals surface area contributed by atoms with E-state index in [4.69, 9.17) is 17.2 Å². The lowest BCUT2D eigenvalue weighted by Gasteiger charge is -2.17. The van der Waals surface area contributed by atoms with Crippen LogP contribution in [0.1, 0.15) is 10.5 Å². The topological polar surface area (TPSA) is 175 Å². The number of nitrogens with one attached hydrogen (secondary N) is 1. The summed E-state index contributed by atoms with van der Waals surface area (Å²) in [6.07, 6.45) is 7.78. The first-order valence-electron chi connectivity index (χ1n) is 10.2. The Bertz CT molecular complexity index is 1230. The largest absolute Gasteiger partial charge is 0.397 e. The zero-order valence-corrected chi connectivity index (χ0v) is 19.2. The number of aryl methyl sites for hydroxylation is 1. The first-order chi connectivity index (χ1) is 16.1. The molecular formula is C21H28N10O3. The van der Waals surface area contributed by atoms with Gasteiger partial charge in [0.1, 0.15) is 5.69 Å². The minimum absolute atomic E-state index is 0.0402. The Labute approximate surface area is 196 Å². The number of hydrogen-bond acceptors (Lipinski definition) is 5. The van der Waals surface area contributed by atoms with Crippen LogP contribution in [-0.2, 0) is 7.05 Å². The smallest absolute Gasteiger partial charge is 0.332 e. The molecule has 0 aliphatic carbocycles. The van der Waals surface area contributed by atoms with Crippen LogP contribution in [0.25, 0.3) is 0 Å². The molecule has 0 radical (unpaired) electrons. The van der Waals surface area contributed by atoms with Gasteiger partial charge in [-0.25, -0.2) is 9.59 Å². The molecule has 0 aliphatic rings. The Morgan fingerprint density at radius 2 is 1.71 bits per heavy atom. The fourth-order valence-corrected chi connectivity index (χ4v) is 3.21. The lowest BCUT2D eigenvalue weighted by atomic mass is 10.3. The third-order valence-electron chi connectivity index (χ3n) is 5.06. The minimum Gasteiger partial charge on any atom is -0.397 e. The molecule has 0 aromatic carbocycles. The highest BCUT2D eigenvalue weighted by molar-refractivity contribution is 6.04. The van der Waals surface area contributed by atoms with Gasteiger partial charge in [0.15, 0.2) is 5.96 Å². The highest BCUT2D eigenvalue weighted by Crippen LogP contribution is 2.18. The lowest BCUT2D eigenvalue weighted by Crippen LogP contribution is -2.33. The second-order valence-corrected chi connectivity index (χ2v) is 7.66. The van der Waals surface area contributed by atoms with E-state index in [0.717, 1.165) is 0 Å². The standard InChI is InChI=1S/C21H28N10O3/c1-27(9-6-25-19(23)24)20(33)31-8-5-16(13-31)29(3)21(34)30-7-4-15(12-30)26-18(32)17-10-14(22)11-28(17)2/h4-5,7-8,10-13H,6,9,22H2,1-3H3,(H,26,32)(H4,23,24,25). The zero-order chi connectivity index (χ0) is 25.0. The maximum atomic E-state index is 12.9. The first kappa shape index (κ1) is 24.0. The minimum atomic E-state index is -0.380. The van der Waals surface area contributed by atoms with Crippen LogP contribution in [0.4, 0.5) is 26.7 Å². The van der Waals surface area contributed by atoms with E-state index in [-0.39, 0.29) is 30.5 Å². The van der Waals surface area contributed by atoms with E-state index in [9.17, 15) is 14.4 Å². The molecule has 0 fully saturated rings. The molecule has 3 aromatic rings. The summed E-state index contributed by atoms with van der Waals surface area (Å²) in [5, 5.41) is 2.74. The van der Waals surface area contributed by atoms with Gasteiger partial charge < -0.3 is 32.0 Å². The molecule has 0 unspecified atom stereocenters. The summed E-state index contributed by atoms with van der Waals surface area (Å²) >= 11 is 0. The molecule has 7 N–H and O–H groups in total. The summed E-state index contributed by atoms with van der Waals surface area (Å²) in [7, 11) is 4.92. The number of likely N-dealkylation sites (N-methyl/N-ethyl adjacent to an activating group) is 1. The molecule has 34 heavy (non-hydrogen) atoms. The van der Waals surface area contributed by atoms with Crippen LogP contribution in [0.15, 0.2) is 54.2 Å². The van der Waals surface area contributed by atoms with Crippen molar-refractivity contribution in [3.63, 3.8) is 0 Å². The molecule has 3 amide bonds. The van der Waals surface area contributed by atoms with E-state index >= 15 is 0 Å². The first-order valence-corrected chi connectivity index (χ1v) is 10.2. The van der Waals surface area contributed by atoms with Crippen LogP contribution in [0.5, 0.6) is 0 Å². The van der Waals surface area contributed by atoms with Gasteiger partial charge in [0.05, 0.1) is 23.6 Å². The predicted molar refractivity (Wildman–Crippen MR) is 130 cm³/mol. The highest BCUT2D eigenvalue weighted by Gasteiger charge is 2.18. The maximum absolute atomic E-state index is 12.9. The van der Waals surface area contributed by atoms with Crippen LogP contribution in [0.2, 0.25) is 0 Å². The quantitative estimate of drug-likeness (QED) is 0.306. The fraction of sp³-hybridized carbons (Fsp3) is 0.238. The van der Waals surface area contributed by atoms with Crippen LogP contribution >= 0.6 is 0 Å². The van der Waals surface area contributed by atoms with Crippen molar-refractivity contribution < 1.29 is 14.4 Å². The number of rotatable bonds is 6. The van der Waals surface area contributed by atoms with Crippen LogP contribution in [0.3, 0.4) is 0 Å². The number of amides is 3. The third kappa shape index (κ3) is 5.38. The molecule has 0 aliphatic heterocycles. The highest BCUT2D eigenvalue weighted by atomic mass is 16.2. The van der Waals surface area contributed by atoms with Crippen molar-refractivity contribution in [2.45, 2.75) is 0 Å². The van der Waals surface area contributed by atoms with Crippen molar-refractivity contribution in [3.8, 4) is 0 Å². The number of aromatic nitrogens is 3. The number of carbonyl (C=O) groups excluding carboxylic acids is 3. The molecule has 3 rings (SSSR count). The van der Waals surface area contributed by atoms with E-state index in [1.165, 1.54) is 31.3 Å². The molecule has 13 heteroatoms. The molecule has 0 saturated heterocycles. The van der Waals surface area contributed by atoms with E-state index in [1.807, 2.05) is 0 Å². The summed E-state index contributed by atoms with van der Waals surface area (Å²) in [6, 6.07) is 4.14. The Morgan fingerprint density at radius 3 is 2.35 bits per heavy atom. The fourth-order valence-electron chi connectivity index (χ4n) is 3.21. The molecule has 180 valence electrons. The zero-order valence-electron chi connectivity index (χ0n) is 19.2. The van der Waals surface area contributed by atoms with E-state index in [2.05, 4.69) is 10.3 Å². The van der Waals surface area contributed by atoms with Gasteiger partial charge in [-0.3, -0.25) is 23.8 Å². The molecule has 13 nitrogen and oxygen atoms in total. The summed E-state index contributed by atoms with van der Waals surface area (Å²) in [5.74, 6) is -0.390. The lowest BCUT2D eigenvalue weighted by molar-refractivity contribution is 0.101. The number of nitrogens with two attached hydrogens (primary N) is 3. The van der Waals surface area contributed by atoms with Crippen molar-refractivity contribution in [1.29, 1.82) is 0 Å². The second kappa shape index (κ2) is 9.85. The number of nitrogen functional groups attached to an aromatic ring is 1. The molecule has 3 heterocycles. The Kier molecular flexibility index (Phi) is 6.95.